The standard InChI is InChI=1S/C14H22ClN3O/c1-2-3-4-5-6-7-8-9-14(19)18-13-10-12(15)16-11-17-13/h10-11H,2-9H2,1H3,(H,16,17,18,19). The molecule has 0 aliphatic rings. The molecule has 0 fully saturated rings. The summed E-state index contributed by atoms with van der Waals surface area (Å²) in [5, 5.41) is 3.05. The van der Waals surface area contributed by atoms with Gasteiger partial charge in [-0.2, -0.15) is 0 Å². The minimum atomic E-state index is -0.0108. The van der Waals surface area contributed by atoms with Gasteiger partial charge in [0.15, 0.2) is 0 Å². The Kier molecular flexibility index (Phi) is 8.14. The molecule has 0 aliphatic heterocycles. The smallest absolute Gasteiger partial charge is 0.225 e. The minimum Gasteiger partial charge on any atom is -0.311 e. The molecule has 0 aliphatic carbocycles. The van der Waals surface area contributed by atoms with E-state index in [1.54, 1.807) is 6.07 Å². The number of rotatable bonds is 9. The molecule has 19 heavy (non-hydrogen) atoms. The molecule has 106 valence electrons. The molecule has 1 amide bonds. The Hall–Kier alpha value is -1.16. The maximum absolute atomic E-state index is 11.6. The number of anilines is 1. The number of hydrogen-bond acceptors (Lipinski definition) is 3. The van der Waals surface area contributed by atoms with Crippen molar-refractivity contribution >= 4 is 23.3 Å². The number of carbonyl (C=O) groups is 1. The molecule has 0 saturated carbocycles. The van der Waals surface area contributed by atoms with Crippen molar-refractivity contribution in [2.75, 3.05) is 5.32 Å². The normalized spacial score (nSPS) is 10.4. The lowest BCUT2D eigenvalue weighted by molar-refractivity contribution is -0.116. The summed E-state index contributed by atoms with van der Waals surface area (Å²) < 4.78 is 0. The molecular weight excluding hydrogens is 262 g/mol. The molecule has 1 aromatic rings. The van der Waals surface area contributed by atoms with Crippen LogP contribution in [0.4, 0.5) is 5.82 Å². The number of carbonyl (C=O) groups excluding carboxylic acids is 1. The van der Waals surface area contributed by atoms with Crippen molar-refractivity contribution in [3.05, 3.63) is 17.5 Å². The molecule has 1 aromatic heterocycles. The minimum absolute atomic E-state index is 0.0108. The third-order valence-electron chi connectivity index (χ3n) is 2.91. The number of amides is 1. The summed E-state index contributed by atoms with van der Waals surface area (Å²) >= 11 is 5.71. The molecule has 1 heterocycles. The van der Waals surface area contributed by atoms with E-state index in [9.17, 15) is 4.79 Å². The highest BCUT2D eigenvalue weighted by Gasteiger charge is 2.03. The number of hydrogen-bond donors (Lipinski definition) is 1. The number of aromatic nitrogens is 2. The molecule has 0 saturated heterocycles. The van der Waals surface area contributed by atoms with Gasteiger partial charge in [-0.05, 0) is 6.42 Å². The largest absolute Gasteiger partial charge is 0.311 e. The summed E-state index contributed by atoms with van der Waals surface area (Å²) in [6, 6.07) is 1.55. The first kappa shape index (κ1) is 15.9. The lowest BCUT2D eigenvalue weighted by Crippen LogP contribution is -2.12. The van der Waals surface area contributed by atoms with Gasteiger partial charge in [-0.1, -0.05) is 57.0 Å². The van der Waals surface area contributed by atoms with Crippen LogP contribution in [-0.2, 0) is 4.79 Å². The van der Waals surface area contributed by atoms with Crippen molar-refractivity contribution in [3.63, 3.8) is 0 Å². The van der Waals surface area contributed by atoms with Gasteiger partial charge in [-0.3, -0.25) is 4.79 Å². The monoisotopic (exact) mass is 283 g/mol. The molecule has 1 N–H and O–H groups in total. The Morgan fingerprint density at radius 2 is 1.84 bits per heavy atom. The zero-order chi connectivity index (χ0) is 13.9. The second-order valence-corrected chi connectivity index (χ2v) is 5.03. The van der Waals surface area contributed by atoms with E-state index in [0.29, 0.717) is 17.4 Å². The number of unbranched alkanes of at least 4 members (excludes halogenated alkanes) is 6. The van der Waals surface area contributed by atoms with Gasteiger partial charge >= 0.3 is 0 Å². The molecule has 0 unspecified atom stereocenters. The molecule has 1 rings (SSSR count). The zero-order valence-corrected chi connectivity index (χ0v) is 12.2. The van der Waals surface area contributed by atoms with E-state index in [2.05, 4.69) is 22.2 Å². The fourth-order valence-electron chi connectivity index (χ4n) is 1.85. The van der Waals surface area contributed by atoms with Crippen LogP contribution < -0.4 is 5.32 Å². The Balaban J connectivity index is 2.08. The molecule has 0 aromatic carbocycles. The van der Waals surface area contributed by atoms with Crippen molar-refractivity contribution in [2.45, 2.75) is 58.3 Å². The van der Waals surface area contributed by atoms with Crippen LogP contribution in [0.25, 0.3) is 0 Å². The van der Waals surface area contributed by atoms with Crippen LogP contribution in [0.3, 0.4) is 0 Å². The van der Waals surface area contributed by atoms with Crippen LogP contribution >= 0.6 is 11.6 Å². The van der Waals surface area contributed by atoms with Gasteiger partial charge in [0, 0.05) is 12.5 Å². The molecular formula is C14H22ClN3O. The number of nitrogens with one attached hydrogen (secondary N) is 1. The summed E-state index contributed by atoms with van der Waals surface area (Å²) in [4.78, 5) is 19.3. The van der Waals surface area contributed by atoms with Gasteiger partial charge in [0.25, 0.3) is 0 Å². The second kappa shape index (κ2) is 9.73. The van der Waals surface area contributed by atoms with Gasteiger partial charge in [0.05, 0.1) is 0 Å². The number of halogens is 1. The average molecular weight is 284 g/mol. The zero-order valence-electron chi connectivity index (χ0n) is 11.5. The lowest BCUT2D eigenvalue weighted by atomic mass is 10.1. The van der Waals surface area contributed by atoms with Gasteiger partial charge in [0.1, 0.15) is 17.3 Å². The Bertz CT molecular complexity index is 385. The van der Waals surface area contributed by atoms with E-state index in [-0.39, 0.29) is 5.91 Å². The predicted octanol–water partition coefficient (Wildman–Crippen LogP) is 4.21. The van der Waals surface area contributed by atoms with Crippen LogP contribution in [0.2, 0.25) is 5.15 Å². The molecule has 0 radical (unpaired) electrons. The topological polar surface area (TPSA) is 54.9 Å². The second-order valence-electron chi connectivity index (χ2n) is 4.65. The first-order valence-corrected chi connectivity index (χ1v) is 7.37. The van der Waals surface area contributed by atoms with E-state index < -0.39 is 0 Å². The first-order valence-electron chi connectivity index (χ1n) is 6.99. The number of nitrogens with zero attached hydrogens (tertiary/aromatic N) is 2. The average Bonchev–Trinajstić information content (AvgIpc) is 2.37. The van der Waals surface area contributed by atoms with Crippen LogP contribution in [0.5, 0.6) is 0 Å². The van der Waals surface area contributed by atoms with E-state index in [0.717, 1.165) is 12.8 Å². The highest BCUT2D eigenvalue weighted by atomic mass is 35.5. The lowest BCUT2D eigenvalue weighted by Gasteiger charge is -2.04. The van der Waals surface area contributed by atoms with Crippen molar-refractivity contribution in [3.8, 4) is 0 Å². The third-order valence-corrected chi connectivity index (χ3v) is 3.12. The highest BCUT2D eigenvalue weighted by Crippen LogP contribution is 2.11. The Morgan fingerprint density at radius 1 is 1.16 bits per heavy atom. The van der Waals surface area contributed by atoms with Gasteiger partial charge < -0.3 is 5.32 Å². The Labute approximate surface area is 120 Å². The fraction of sp³-hybridized carbons (Fsp3) is 0.643. The van der Waals surface area contributed by atoms with E-state index in [4.69, 9.17) is 11.6 Å². The van der Waals surface area contributed by atoms with Crippen LogP contribution in [0.15, 0.2) is 12.4 Å². The van der Waals surface area contributed by atoms with Crippen molar-refractivity contribution in [1.82, 2.24) is 9.97 Å². The van der Waals surface area contributed by atoms with Crippen molar-refractivity contribution < 1.29 is 4.79 Å². The summed E-state index contributed by atoms with van der Waals surface area (Å²) in [6.07, 6.45) is 10.3. The third kappa shape index (κ3) is 7.78. The molecule has 0 atom stereocenters. The summed E-state index contributed by atoms with van der Waals surface area (Å²) in [5.74, 6) is 0.455. The SMILES string of the molecule is CCCCCCCCCC(=O)Nc1cc(Cl)ncn1. The summed E-state index contributed by atoms with van der Waals surface area (Å²) in [6.45, 7) is 2.21. The van der Waals surface area contributed by atoms with Crippen molar-refractivity contribution in [1.29, 1.82) is 0 Å². The molecule has 4 nitrogen and oxygen atoms in total. The quantitative estimate of drug-likeness (QED) is 0.545. The molecule has 0 spiro atoms. The first-order chi connectivity index (χ1) is 9.22. The van der Waals surface area contributed by atoms with E-state index >= 15 is 0 Å². The fourth-order valence-corrected chi connectivity index (χ4v) is 2.00. The van der Waals surface area contributed by atoms with Gasteiger partial charge in [-0.15, -0.1) is 0 Å². The van der Waals surface area contributed by atoms with Gasteiger partial charge in [-0.25, -0.2) is 9.97 Å². The summed E-state index contributed by atoms with van der Waals surface area (Å²) in [7, 11) is 0. The van der Waals surface area contributed by atoms with Gasteiger partial charge in [0.2, 0.25) is 5.91 Å². The van der Waals surface area contributed by atoms with E-state index in [1.165, 1.54) is 38.4 Å². The van der Waals surface area contributed by atoms with Crippen molar-refractivity contribution in [2.24, 2.45) is 0 Å². The van der Waals surface area contributed by atoms with E-state index in [1.807, 2.05) is 0 Å². The maximum atomic E-state index is 11.6. The van der Waals surface area contributed by atoms with Crippen LogP contribution in [0.1, 0.15) is 58.3 Å². The van der Waals surface area contributed by atoms with Crippen LogP contribution in [0, 0.1) is 0 Å². The molecule has 5 heteroatoms. The predicted molar refractivity (Wildman–Crippen MR) is 78.3 cm³/mol. The Morgan fingerprint density at radius 3 is 2.53 bits per heavy atom. The highest BCUT2D eigenvalue weighted by molar-refractivity contribution is 6.29. The summed E-state index contributed by atoms with van der Waals surface area (Å²) in [5.41, 5.74) is 0. The van der Waals surface area contributed by atoms with Crippen LogP contribution in [-0.4, -0.2) is 15.9 Å². The maximum Gasteiger partial charge on any atom is 0.225 e. The molecule has 0 bridgehead atoms.